The van der Waals surface area contributed by atoms with Gasteiger partial charge in [0, 0.05) is 17.3 Å². The number of anilines is 2. The van der Waals surface area contributed by atoms with Crippen LogP contribution in [0.15, 0.2) is 48.7 Å². The highest BCUT2D eigenvalue weighted by Gasteiger charge is 2.11. The molecule has 19 heavy (non-hydrogen) atoms. The molecular weight excluding hydrogens is 245 g/mol. The predicted octanol–water partition coefficient (Wildman–Crippen LogP) is 0.405. The Morgan fingerprint density at radius 1 is 1.05 bits per heavy atom. The number of carbonyl (C=O) groups excluding carboxylic acids is 1. The minimum absolute atomic E-state index is 0.258. The minimum atomic E-state index is -1.57. The molecule has 0 radical (unpaired) electrons. The average Bonchev–Trinajstić information content (AvgIpc) is 2.40. The molecule has 0 aliphatic heterocycles. The SMILES string of the molecule is O=C(Nc1ccccc1)Nc1ccc(B(O)O)cn1. The maximum Gasteiger partial charge on any atom is 0.490 e. The summed E-state index contributed by atoms with van der Waals surface area (Å²) in [6, 6.07) is 11.5. The van der Waals surface area contributed by atoms with Gasteiger partial charge in [0.15, 0.2) is 0 Å². The number of para-hydroxylation sites is 1. The van der Waals surface area contributed by atoms with Crippen LogP contribution in [0.1, 0.15) is 0 Å². The van der Waals surface area contributed by atoms with Gasteiger partial charge in [-0.1, -0.05) is 24.3 Å². The number of hydrogen-bond donors (Lipinski definition) is 4. The Kier molecular flexibility index (Phi) is 4.12. The first kappa shape index (κ1) is 13.1. The first-order valence-corrected chi connectivity index (χ1v) is 5.60. The third kappa shape index (κ3) is 3.80. The maximum absolute atomic E-state index is 11.6. The van der Waals surface area contributed by atoms with Crippen molar-refractivity contribution < 1.29 is 14.8 Å². The van der Waals surface area contributed by atoms with Gasteiger partial charge >= 0.3 is 13.1 Å². The summed E-state index contributed by atoms with van der Waals surface area (Å²) in [5.74, 6) is 0.317. The van der Waals surface area contributed by atoms with Gasteiger partial charge in [0.2, 0.25) is 0 Å². The summed E-state index contributed by atoms with van der Waals surface area (Å²) in [5.41, 5.74) is 0.927. The molecule has 7 heteroatoms. The van der Waals surface area contributed by atoms with E-state index < -0.39 is 13.1 Å². The zero-order valence-corrected chi connectivity index (χ0v) is 9.95. The lowest BCUT2D eigenvalue weighted by atomic mass is 9.82. The molecule has 4 N–H and O–H groups in total. The molecule has 1 aromatic carbocycles. The van der Waals surface area contributed by atoms with Crippen LogP contribution in [0.2, 0.25) is 0 Å². The highest BCUT2D eigenvalue weighted by molar-refractivity contribution is 6.58. The fourth-order valence-electron chi connectivity index (χ4n) is 1.43. The van der Waals surface area contributed by atoms with E-state index in [2.05, 4.69) is 15.6 Å². The van der Waals surface area contributed by atoms with Crippen LogP contribution in [0.25, 0.3) is 0 Å². The van der Waals surface area contributed by atoms with Crippen molar-refractivity contribution in [3.8, 4) is 0 Å². The minimum Gasteiger partial charge on any atom is -0.423 e. The molecule has 1 aromatic heterocycles. The first-order valence-electron chi connectivity index (χ1n) is 5.60. The average molecular weight is 257 g/mol. The van der Waals surface area contributed by atoms with Crippen LogP contribution in [0.4, 0.5) is 16.3 Å². The molecule has 96 valence electrons. The van der Waals surface area contributed by atoms with Gasteiger partial charge < -0.3 is 15.4 Å². The van der Waals surface area contributed by atoms with Gasteiger partial charge in [-0.15, -0.1) is 0 Å². The van der Waals surface area contributed by atoms with Crippen molar-refractivity contribution in [3.63, 3.8) is 0 Å². The number of nitrogens with one attached hydrogen (secondary N) is 2. The number of amides is 2. The highest BCUT2D eigenvalue weighted by atomic mass is 16.4. The zero-order chi connectivity index (χ0) is 13.7. The Morgan fingerprint density at radius 2 is 1.79 bits per heavy atom. The topological polar surface area (TPSA) is 94.5 Å². The van der Waals surface area contributed by atoms with Crippen LogP contribution in [0.3, 0.4) is 0 Å². The Hall–Kier alpha value is -2.38. The monoisotopic (exact) mass is 257 g/mol. The predicted molar refractivity (Wildman–Crippen MR) is 73.1 cm³/mol. The van der Waals surface area contributed by atoms with E-state index >= 15 is 0 Å². The van der Waals surface area contributed by atoms with Crippen LogP contribution < -0.4 is 16.1 Å². The number of pyridine rings is 1. The molecule has 0 fully saturated rings. The van der Waals surface area contributed by atoms with Gasteiger partial charge in [-0.05, 0) is 18.2 Å². The number of hydrogen-bond acceptors (Lipinski definition) is 4. The largest absolute Gasteiger partial charge is 0.490 e. The third-order valence-corrected chi connectivity index (χ3v) is 2.36. The molecule has 0 aliphatic carbocycles. The van der Waals surface area contributed by atoms with Gasteiger partial charge in [0.1, 0.15) is 5.82 Å². The summed E-state index contributed by atoms with van der Waals surface area (Å²) < 4.78 is 0. The van der Waals surface area contributed by atoms with Crippen molar-refractivity contribution in [2.45, 2.75) is 0 Å². The van der Waals surface area contributed by atoms with Crippen molar-refractivity contribution >= 4 is 30.1 Å². The molecule has 2 amide bonds. The molecule has 6 nitrogen and oxygen atoms in total. The van der Waals surface area contributed by atoms with Crippen LogP contribution in [-0.4, -0.2) is 28.2 Å². The lowest BCUT2D eigenvalue weighted by Gasteiger charge is -2.07. The molecule has 2 aromatic rings. The molecule has 0 spiro atoms. The van der Waals surface area contributed by atoms with Crippen molar-refractivity contribution in [2.24, 2.45) is 0 Å². The molecule has 0 atom stereocenters. The van der Waals surface area contributed by atoms with E-state index in [4.69, 9.17) is 10.0 Å². The molecule has 1 heterocycles. The number of aromatic nitrogens is 1. The zero-order valence-electron chi connectivity index (χ0n) is 9.95. The molecule has 0 unspecified atom stereocenters. The quantitative estimate of drug-likeness (QED) is 0.599. The number of carbonyl (C=O) groups is 1. The van der Waals surface area contributed by atoms with E-state index in [1.54, 1.807) is 12.1 Å². The van der Waals surface area contributed by atoms with Crippen molar-refractivity contribution in [2.75, 3.05) is 10.6 Å². The fraction of sp³-hybridized carbons (Fsp3) is 0. The molecule has 0 aliphatic rings. The van der Waals surface area contributed by atoms with Gasteiger partial charge in [-0.25, -0.2) is 9.78 Å². The summed E-state index contributed by atoms with van der Waals surface area (Å²) in [7, 11) is -1.57. The molecule has 2 rings (SSSR count). The number of urea groups is 1. The normalized spacial score (nSPS) is 9.79. The third-order valence-electron chi connectivity index (χ3n) is 2.36. The second-order valence-electron chi connectivity index (χ2n) is 3.80. The standard InChI is InChI=1S/C12H12BN3O3/c17-12(15-10-4-2-1-3-5-10)16-11-7-6-9(8-14-11)13(18)19/h1-8,18-19H,(H2,14,15,16,17). The van der Waals surface area contributed by atoms with Crippen molar-refractivity contribution in [1.82, 2.24) is 4.98 Å². The summed E-state index contributed by atoms with van der Waals surface area (Å²) in [6.45, 7) is 0. The summed E-state index contributed by atoms with van der Waals surface area (Å²) in [5, 5.41) is 23.0. The van der Waals surface area contributed by atoms with E-state index in [9.17, 15) is 4.79 Å². The Labute approximate surface area is 110 Å². The van der Waals surface area contributed by atoms with E-state index in [1.807, 2.05) is 18.2 Å². The van der Waals surface area contributed by atoms with Crippen LogP contribution in [-0.2, 0) is 0 Å². The highest BCUT2D eigenvalue weighted by Crippen LogP contribution is 2.06. The maximum atomic E-state index is 11.6. The lowest BCUT2D eigenvalue weighted by molar-refractivity contribution is 0.262. The Balaban J connectivity index is 1.95. The van der Waals surface area contributed by atoms with E-state index in [-0.39, 0.29) is 5.46 Å². The van der Waals surface area contributed by atoms with E-state index in [0.29, 0.717) is 11.5 Å². The first-order chi connectivity index (χ1) is 9.15. The number of rotatable bonds is 3. The Morgan fingerprint density at radius 3 is 2.37 bits per heavy atom. The van der Waals surface area contributed by atoms with Gasteiger partial charge in [0.05, 0.1) is 0 Å². The second-order valence-corrected chi connectivity index (χ2v) is 3.80. The summed E-state index contributed by atoms with van der Waals surface area (Å²) >= 11 is 0. The molecule has 0 bridgehead atoms. The van der Waals surface area contributed by atoms with Gasteiger partial charge in [-0.2, -0.15) is 0 Å². The van der Waals surface area contributed by atoms with Crippen molar-refractivity contribution in [3.05, 3.63) is 48.7 Å². The number of nitrogens with zero attached hydrogens (tertiary/aromatic N) is 1. The van der Waals surface area contributed by atoms with Crippen LogP contribution in [0.5, 0.6) is 0 Å². The van der Waals surface area contributed by atoms with Gasteiger partial charge in [-0.3, -0.25) is 5.32 Å². The van der Waals surface area contributed by atoms with E-state index in [0.717, 1.165) is 0 Å². The second kappa shape index (κ2) is 5.99. The molecular formula is C12H12BN3O3. The fourth-order valence-corrected chi connectivity index (χ4v) is 1.43. The smallest absolute Gasteiger partial charge is 0.423 e. The van der Waals surface area contributed by atoms with Crippen molar-refractivity contribution in [1.29, 1.82) is 0 Å². The summed E-state index contributed by atoms with van der Waals surface area (Å²) in [4.78, 5) is 15.5. The molecule has 0 saturated carbocycles. The van der Waals surface area contributed by atoms with Gasteiger partial charge in [0.25, 0.3) is 0 Å². The Bertz CT molecular complexity index is 546. The summed E-state index contributed by atoms with van der Waals surface area (Å²) in [6.07, 6.45) is 1.28. The van der Waals surface area contributed by atoms with E-state index in [1.165, 1.54) is 18.3 Å². The number of benzene rings is 1. The van der Waals surface area contributed by atoms with Crippen LogP contribution >= 0.6 is 0 Å². The molecule has 0 saturated heterocycles. The van der Waals surface area contributed by atoms with Crippen LogP contribution in [0, 0.1) is 0 Å². The lowest BCUT2D eigenvalue weighted by Crippen LogP contribution is -2.30.